The lowest BCUT2D eigenvalue weighted by Crippen LogP contribution is -2.40. The zero-order chi connectivity index (χ0) is 13.1. The molecule has 0 aromatic heterocycles. The van der Waals surface area contributed by atoms with Crippen LogP contribution in [0.25, 0.3) is 0 Å². The molecule has 1 rings (SSSR count). The van der Waals surface area contributed by atoms with Crippen LogP contribution in [-0.4, -0.2) is 64.1 Å². The average Bonchev–Trinajstić information content (AvgIpc) is 2.42. The molecule has 1 N–H and O–H groups in total. The van der Waals surface area contributed by atoms with Crippen molar-refractivity contribution in [3.05, 3.63) is 0 Å². The van der Waals surface area contributed by atoms with Gasteiger partial charge in [-0.1, -0.05) is 13.3 Å². The Morgan fingerprint density at radius 2 is 1.94 bits per heavy atom. The molecular formula is C14H30N2O2. The molecule has 1 heterocycles. The van der Waals surface area contributed by atoms with Gasteiger partial charge < -0.3 is 19.7 Å². The smallest absolute Gasteiger partial charge is 0.0595 e. The highest BCUT2D eigenvalue weighted by Gasteiger charge is 2.17. The first-order chi connectivity index (χ1) is 8.86. The number of ether oxygens (including phenoxy) is 2. The lowest BCUT2D eigenvalue weighted by molar-refractivity contribution is 0.0413. The second kappa shape index (κ2) is 10.7. The van der Waals surface area contributed by atoms with Crippen LogP contribution in [0.4, 0.5) is 0 Å². The summed E-state index contributed by atoms with van der Waals surface area (Å²) in [6.07, 6.45) is 5.23. The van der Waals surface area contributed by atoms with E-state index in [9.17, 15) is 0 Å². The van der Waals surface area contributed by atoms with Gasteiger partial charge in [0.2, 0.25) is 0 Å². The summed E-state index contributed by atoms with van der Waals surface area (Å²) in [5.74, 6) is 0. The Labute approximate surface area is 112 Å². The van der Waals surface area contributed by atoms with E-state index in [-0.39, 0.29) is 0 Å². The lowest BCUT2D eigenvalue weighted by atomic mass is 10.1. The Morgan fingerprint density at radius 3 is 2.61 bits per heavy atom. The first-order valence-corrected chi connectivity index (χ1v) is 7.40. The number of nitrogens with zero attached hydrogens (tertiary/aromatic N) is 1. The minimum atomic E-state index is 0.487. The number of unbranched alkanes of at least 4 members (excludes halogenated alkanes) is 1. The maximum absolute atomic E-state index is 5.50. The number of piperidine rings is 1. The van der Waals surface area contributed by atoms with Gasteiger partial charge in [-0.05, 0) is 19.3 Å². The molecule has 0 aromatic rings. The van der Waals surface area contributed by atoms with E-state index in [0.29, 0.717) is 6.10 Å². The molecular weight excluding hydrogens is 228 g/mol. The van der Waals surface area contributed by atoms with Gasteiger partial charge in [-0.15, -0.1) is 0 Å². The SMILES string of the molecule is CCCCOCCNCCN1CCC(OC)CC1. The van der Waals surface area contributed by atoms with E-state index in [2.05, 4.69) is 17.1 Å². The van der Waals surface area contributed by atoms with E-state index in [4.69, 9.17) is 9.47 Å². The lowest BCUT2D eigenvalue weighted by Gasteiger charge is -2.31. The fraction of sp³-hybridized carbons (Fsp3) is 1.00. The molecule has 0 amide bonds. The maximum atomic E-state index is 5.50. The van der Waals surface area contributed by atoms with E-state index in [0.717, 1.165) is 32.8 Å². The van der Waals surface area contributed by atoms with Crippen molar-refractivity contribution in [2.24, 2.45) is 0 Å². The van der Waals surface area contributed by atoms with Crippen LogP contribution in [0.3, 0.4) is 0 Å². The Bertz CT molecular complexity index is 183. The summed E-state index contributed by atoms with van der Waals surface area (Å²) in [4.78, 5) is 2.51. The van der Waals surface area contributed by atoms with Gasteiger partial charge in [0.15, 0.2) is 0 Å². The second-order valence-corrected chi connectivity index (χ2v) is 4.99. The summed E-state index contributed by atoms with van der Waals surface area (Å²) in [7, 11) is 1.82. The minimum Gasteiger partial charge on any atom is -0.381 e. The van der Waals surface area contributed by atoms with Crippen molar-refractivity contribution in [1.82, 2.24) is 10.2 Å². The van der Waals surface area contributed by atoms with E-state index in [1.807, 2.05) is 7.11 Å². The number of methoxy groups -OCH3 is 1. The normalized spacial score (nSPS) is 18.3. The van der Waals surface area contributed by atoms with E-state index in [1.54, 1.807) is 0 Å². The van der Waals surface area contributed by atoms with Crippen molar-refractivity contribution in [2.75, 3.05) is 53.0 Å². The monoisotopic (exact) mass is 258 g/mol. The van der Waals surface area contributed by atoms with Crippen LogP contribution < -0.4 is 5.32 Å². The minimum absolute atomic E-state index is 0.487. The first-order valence-electron chi connectivity index (χ1n) is 7.40. The number of nitrogens with one attached hydrogen (secondary N) is 1. The molecule has 1 fully saturated rings. The van der Waals surface area contributed by atoms with Gasteiger partial charge in [0.05, 0.1) is 12.7 Å². The Kier molecular flexibility index (Phi) is 9.48. The van der Waals surface area contributed by atoms with Crippen molar-refractivity contribution >= 4 is 0 Å². The average molecular weight is 258 g/mol. The number of hydrogen-bond donors (Lipinski definition) is 1. The predicted octanol–water partition coefficient (Wildman–Crippen LogP) is 1.50. The molecule has 0 spiro atoms. The zero-order valence-corrected chi connectivity index (χ0v) is 12.1. The third-order valence-electron chi connectivity index (χ3n) is 3.54. The summed E-state index contributed by atoms with van der Waals surface area (Å²) in [5.41, 5.74) is 0. The molecule has 0 aliphatic carbocycles. The molecule has 0 unspecified atom stereocenters. The zero-order valence-electron chi connectivity index (χ0n) is 12.1. The van der Waals surface area contributed by atoms with Crippen molar-refractivity contribution in [3.8, 4) is 0 Å². The van der Waals surface area contributed by atoms with Crippen molar-refractivity contribution in [3.63, 3.8) is 0 Å². The molecule has 0 radical (unpaired) electrons. The van der Waals surface area contributed by atoms with E-state index >= 15 is 0 Å². The van der Waals surface area contributed by atoms with Crippen LogP contribution in [0.5, 0.6) is 0 Å². The fourth-order valence-corrected chi connectivity index (χ4v) is 2.22. The Balaban J connectivity index is 1.84. The number of hydrogen-bond acceptors (Lipinski definition) is 4. The quantitative estimate of drug-likeness (QED) is 0.602. The summed E-state index contributed by atoms with van der Waals surface area (Å²) in [5, 5.41) is 3.44. The molecule has 0 aromatic carbocycles. The highest BCUT2D eigenvalue weighted by atomic mass is 16.5. The molecule has 4 nitrogen and oxygen atoms in total. The van der Waals surface area contributed by atoms with Crippen LogP contribution in [0.15, 0.2) is 0 Å². The molecule has 108 valence electrons. The number of likely N-dealkylation sites (tertiary alicyclic amines) is 1. The van der Waals surface area contributed by atoms with Crippen LogP contribution >= 0.6 is 0 Å². The van der Waals surface area contributed by atoms with Crippen molar-refractivity contribution < 1.29 is 9.47 Å². The molecule has 0 atom stereocenters. The molecule has 1 aliphatic rings. The van der Waals surface area contributed by atoms with E-state index in [1.165, 1.54) is 38.8 Å². The Hall–Kier alpha value is -0.160. The Morgan fingerprint density at radius 1 is 1.17 bits per heavy atom. The maximum Gasteiger partial charge on any atom is 0.0595 e. The topological polar surface area (TPSA) is 33.7 Å². The molecule has 1 saturated heterocycles. The highest BCUT2D eigenvalue weighted by Crippen LogP contribution is 2.11. The highest BCUT2D eigenvalue weighted by molar-refractivity contribution is 4.72. The third-order valence-corrected chi connectivity index (χ3v) is 3.54. The van der Waals surface area contributed by atoms with Crippen LogP contribution in [0.1, 0.15) is 32.6 Å². The van der Waals surface area contributed by atoms with Gasteiger partial charge in [0, 0.05) is 46.4 Å². The second-order valence-electron chi connectivity index (χ2n) is 4.99. The van der Waals surface area contributed by atoms with Gasteiger partial charge in [-0.3, -0.25) is 0 Å². The molecule has 0 bridgehead atoms. The number of rotatable bonds is 10. The van der Waals surface area contributed by atoms with Gasteiger partial charge >= 0.3 is 0 Å². The summed E-state index contributed by atoms with van der Waals surface area (Å²) in [6.45, 7) is 9.46. The summed E-state index contributed by atoms with van der Waals surface area (Å²) >= 11 is 0. The molecule has 18 heavy (non-hydrogen) atoms. The third kappa shape index (κ3) is 7.31. The van der Waals surface area contributed by atoms with Crippen LogP contribution in [0, 0.1) is 0 Å². The van der Waals surface area contributed by atoms with E-state index < -0.39 is 0 Å². The van der Waals surface area contributed by atoms with Gasteiger partial charge in [0.1, 0.15) is 0 Å². The predicted molar refractivity (Wildman–Crippen MR) is 75.1 cm³/mol. The van der Waals surface area contributed by atoms with Crippen LogP contribution in [0.2, 0.25) is 0 Å². The van der Waals surface area contributed by atoms with Gasteiger partial charge in [-0.25, -0.2) is 0 Å². The summed E-state index contributed by atoms with van der Waals surface area (Å²) < 4.78 is 10.9. The standard InChI is InChI=1S/C14H30N2O2/c1-3-4-12-18-13-8-15-7-11-16-9-5-14(17-2)6-10-16/h14-15H,3-13H2,1-2H3. The van der Waals surface area contributed by atoms with Gasteiger partial charge in [0.25, 0.3) is 0 Å². The summed E-state index contributed by atoms with van der Waals surface area (Å²) in [6, 6.07) is 0. The van der Waals surface area contributed by atoms with Crippen molar-refractivity contribution in [2.45, 2.75) is 38.7 Å². The molecule has 4 heteroatoms. The largest absolute Gasteiger partial charge is 0.381 e. The fourth-order valence-electron chi connectivity index (χ4n) is 2.22. The first kappa shape index (κ1) is 15.9. The van der Waals surface area contributed by atoms with Crippen molar-refractivity contribution in [1.29, 1.82) is 0 Å². The van der Waals surface area contributed by atoms with Crippen LogP contribution in [-0.2, 0) is 9.47 Å². The van der Waals surface area contributed by atoms with Gasteiger partial charge in [-0.2, -0.15) is 0 Å². The molecule has 0 saturated carbocycles. The molecule has 1 aliphatic heterocycles.